The van der Waals surface area contributed by atoms with E-state index in [0.29, 0.717) is 25.8 Å². The molecule has 22 heavy (non-hydrogen) atoms. The summed E-state index contributed by atoms with van der Waals surface area (Å²) in [5.74, 6) is 2.65. The lowest BCUT2D eigenvalue weighted by Crippen LogP contribution is -2.55. The molecule has 0 aromatic rings. The van der Waals surface area contributed by atoms with Crippen molar-refractivity contribution in [1.29, 1.82) is 0 Å². The molecule has 2 rings (SSSR count). The summed E-state index contributed by atoms with van der Waals surface area (Å²) in [6.07, 6.45) is 7.75. The van der Waals surface area contributed by atoms with Gasteiger partial charge in [-0.25, -0.2) is 0 Å². The summed E-state index contributed by atoms with van der Waals surface area (Å²) in [6.45, 7) is 8.29. The minimum absolute atomic E-state index is 0.0544. The Morgan fingerprint density at radius 3 is 2.64 bits per heavy atom. The standard InChI is InChI=1S/C16H26N4O2/c1-4-5-7-16(18-19-16)8-6-14(21)17-13-15(2,3)20-9-11-22-12-10-20/h1H,5-13H2,2-3H3,(H,17,21). The van der Waals surface area contributed by atoms with Crippen LogP contribution >= 0.6 is 0 Å². The number of rotatable bonds is 8. The largest absolute Gasteiger partial charge is 0.379 e. The molecule has 122 valence electrons. The van der Waals surface area contributed by atoms with Crippen LogP contribution in [0.5, 0.6) is 0 Å². The summed E-state index contributed by atoms with van der Waals surface area (Å²) in [5.41, 5.74) is -0.432. The molecule has 1 fully saturated rings. The molecule has 2 heterocycles. The number of morpholine rings is 1. The maximum Gasteiger partial charge on any atom is 0.220 e. The molecular weight excluding hydrogens is 280 g/mol. The van der Waals surface area contributed by atoms with E-state index < -0.39 is 0 Å². The predicted molar refractivity (Wildman–Crippen MR) is 84.4 cm³/mol. The lowest BCUT2D eigenvalue weighted by molar-refractivity contribution is -0.122. The van der Waals surface area contributed by atoms with Crippen LogP contribution < -0.4 is 5.32 Å². The number of nitrogens with zero attached hydrogens (tertiary/aromatic N) is 3. The lowest BCUT2D eigenvalue weighted by Gasteiger charge is -2.40. The van der Waals surface area contributed by atoms with Crippen molar-refractivity contribution in [2.24, 2.45) is 10.2 Å². The Balaban J connectivity index is 1.68. The van der Waals surface area contributed by atoms with Gasteiger partial charge in [-0.15, -0.1) is 12.3 Å². The van der Waals surface area contributed by atoms with Gasteiger partial charge in [-0.05, 0) is 13.8 Å². The highest BCUT2D eigenvalue weighted by Crippen LogP contribution is 2.37. The third-order valence-electron chi connectivity index (χ3n) is 4.39. The Labute approximate surface area is 132 Å². The molecule has 1 amide bonds. The van der Waals surface area contributed by atoms with Crippen LogP contribution in [0.4, 0.5) is 0 Å². The number of terminal acetylenes is 1. The zero-order valence-electron chi connectivity index (χ0n) is 13.6. The van der Waals surface area contributed by atoms with Crippen LogP contribution in [-0.2, 0) is 9.53 Å². The first kappa shape index (κ1) is 16.9. The molecule has 0 spiro atoms. The van der Waals surface area contributed by atoms with E-state index in [0.717, 1.165) is 32.7 Å². The van der Waals surface area contributed by atoms with Gasteiger partial charge in [-0.3, -0.25) is 9.69 Å². The van der Waals surface area contributed by atoms with Crippen molar-refractivity contribution in [2.45, 2.75) is 50.7 Å². The van der Waals surface area contributed by atoms with Crippen LogP contribution in [0.1, 0.15) is 39.5 Å². The molecule has 0 aromatic carbocycles. The van der Waals surface area contributed by atoms with E-state index in [4.69, 9.17) is 11.2 Å². The molecule has 2 aliphatic heterocycles. The summed E-state index contributed by atoms with van der Waals surface area (Å²) >= 11 is 0. The zero-order chi connectivity index (χ0) is 16.1. The van der Waals surface area contributed by atoms with Gasteiger partial charge in [-0.1, -0.05) is 0 Å². The molecule has 0 aliphatic carbocycles. The SMILES string of the molecule is C#CCCC1(CCC(=O)NCC(C)(C)N2CCOCC2)N=N1. The fourth-order valence-electron chi connectivity index (χ4n) is 2.67. The first-order chi connectivity index (χ1) is 10.5. The number of amides is 1. The number of hydrogen-bond donors (Lipinski definition) is 1. The predicted octanol–water partition coefficient (Wildman–Crippen LogP) is 1.57. The lowest BCUT2D eigenvalue weighted by atomic mass is 10.0. The van der Waals surface area contributed by atoms with Crippen molar-refractivity contribution < 1.29 is 9.53 Å². The number of nitrogens with one attached hydrogen (secondary N) is 1. The maximum atomic E-state index is 12.0. The van der Waals surface area contributed by atoms with Gasteiger partial charge in [0.15, 0.2) is 5.66 Å². The first-order valence-corrected chi connectivity index (χ1v) is 7.94. The number of carbonyl (C=O) groups excluding carboxylic acids is 1. The van der Waals surface area contributed by atoms with Crippen molar-refractivity contribution in [1.82, 2.24) is 10.2 Å². The van der Waals surface area contributed by atoms with Gasteiger partial charge in [0.1, 0.15) is 0 Å². The van der Waals surface area contributed by atoms with E-state index in [2.05, 4.69) is 40.2 Å². The molecule has 0 atom stereocenters. The summed E-state index contributed by atoms with van der Waals surface area (Å²) in [4.78, 5) is 14.4. The topological polar surface area (TPSA) is 66.3 Å². The molecule has 0 radical (unpaired) electrons. The second kappa shape index (κ2) is 7.21. The Hall–Kier alpha value is -1.45. The molecule has 2 aliphatic rings. The van der Waals surface area contributed by atoms with Crippen molar-refractivity contribution in [3.8, 4) is 12.3 Å². The van der Waals surface area contributed by atoms with Crippen molar-refractivity contribution in [2.75, 3.05) is 32.8 Å². The third kappa shape index (κ3) is 4.79. The van der Waals surface area contributed by atoms with E-state index in [1.807, 2.05) is 0 Å². The van der Waals surface area contributed by atoms with Crippen LogP contribution in [0.15, 0.2) is 10.2 Å². The molecule has 0 bridgehead atoms. The van der Waals surface area contributed by atoms with Crippen LogP contribution in [0.2, 0.25) is 0 Å². The van der Waals surface area contributed by atoms with Crippen molar-refractivity contribution in [3.63, 3.8) is 0 Å². The Morgan fingerprint density at radius 2 is 2.05 bits per heavy atom. The number of ether oxygens (including phenoxy) is 1. The van der Waals surface area contributed by atoms with E-state index in [1.54, 1.807) is 0 Å². The minimum Gasteiger partial charge on any atom is -0.379 e. The molecular formula is C16H26N4O2. The third-order valence-corrected chi connectivity index (χ3v) is 4.39. The highest BCUT2D eigenvalue weighted by molar-refractivity contribution is 5.76. The van der Waals surface area contributed by atoms with E-state index >= 15 is 0 Å². The van der Waals surface area contributed by atoms with Gasteiger partial charge in [-0.2, -0.15) is 10.2 Å². The normalized spacial score (nSPS) is 20.4. The monoisotopic (exact) mass is 306 g/mol. The average molecular weight is 306 g/mol. The maximum absolute atomic E-state index is 12.0. The Kier molecular flexibility index (Phi) is 5.54. The highest BCUT2D eigenvalue weighted by Gasteiger charge is 2.39. The molecule has 1 N–H and O–H groups in total. The summed E-state index contributed by atoms with van der Waals surface area (Å²) < 4.78 is 5.37. The molecule has 6 heteroatoms. The summed E-state index contributed by atoms with van der Waals surface area (Å²) in [6, 6.07) is 0. The second-order valence-corrected chi connectivity index (χ2v) is 6.58. The van der Waals surface area contributed by atoms with Gasteiger partial charge < -0.3 is 10.1 Å². The molecule has 1 saturated heterocycles. The summed E-state index contributed by atoms with van der Waals surface area (Å²) in [7, 11) is 0. The fourth-order valence-corrected chi connectivity index (χ4v) is 2.67. The average Bonchev–Trinajstić information content (AvgIpc) is 3.30. The van der Waals surface area contributed by atoms with Crippen LogP contribution in [0.3, 0.4) is 0 Å². The van der Waals surface area contributed by atoms with Crippen molar-refractivity contribution in [3.05, 3.63) is 0 Å². The van der Waals surface area contributed by atoms with Gasteiger partial charge in [0.25, 0.3) is 0 Å². The molecule has 0 saturated carbocycles. The Bertz CT molecular complexity index is 455. The van der Waals surface area contributed by atoms with Crippen LogP contribution in [-0.4, -0.2) is 54.9 Å². The first-order valence-electron chi connectivity index (χ1n) is 7.94. The molecule has 0 unspecified atom stereocenters. The van der Waals surface area contributed by atoms with Gasteiger partial charge >= 0.3 is 0 Å². The van der Waals surface area contributed by atoms with Gasteiger partial charge in [0.05, 0.1) is 13.2 Å². The van der Waals surface area contributed by atoms with E-state index in [-0.39, 0.29) is 17.1 Å². The molecule has 6 nitrogen and oxygen atoms in total. The number of carbonyl (C=O) groups is 1. The second-order valence-electron chi connectivity index (χ2n) is 6.58. The Morgan fingerprint density at radius 1 is 1.36 bits per heavy atom. The van der Waals surface area contributed by atoms with Gasteiger partial charge in [0, 0.05) is 50.9 Å². The fraction of sp³-hybridized carbons (Fsp3) is 0.812. The van der Waals surface area contributed by atoms with Crippen LogP contribution in [0, 0.1) is 12.3 Å². The number of hydrogen-bond acceptors (Lipinski definition) is 5. The van der Waals surface area contributed by atoms with E-state index in [1.165, 1.54) is 0 Å². The molecule has 0 aromatic heterocycles. The minimum atomic E-state index is -0.372. The highest BCUT2D eigenvalue weighted by atomic mass is 16.5. The summed E-state index contributed by atoms with van der Waals surface area (Å²) in [5, 5.41) is 11.1. The quantitative estimate of drug-likeness (QED) is 0.692. The van der Waals surface area contributed by atoms with Crippen molar-refractivity contribution >= 4 is 5.91 Å². The van der Waals surface area contributed by atoms with Crippen LogP contribution in [0.25, 0.3) is 0 Å². The van der Waals surface area contributed by atoms with Gasteiger partial charge in [0.2, 0.25) is 5.91 Å². The zero-order valence-corrected chi connectivity index (χ0v) is 13.6. The smallest absolute Gasteiger partial charge is 0.220 e. The van der Waals surface area contributed by atoms with E-state index in [9.17, 15) is 4.79 Å².